The Labute approximate surface area is 116 Å². The Bertz CT molecular complexity index is 437. The Morgan fingerprint density at radius 3 is 3.06 bits per heavy atom. The zero-order valence-corrected chi connectivity index (χ0v) is 12.0. The molecule has 0 amide bonds. The predicted molar refractivity (Wildman–Crippen MR) is 77.6 cm³/mol. The molecule has 5 heteroatoms. The first-order valence-electron chi connectivity index (χ1n) is 6.65. The number of rotatable bonds is 2. The minimum absolute atomic E-state index is 0.501. The Balaban J connectivity index is 1.72. The number of aromatic nitrogens is 1. The highest BCUT2D eigenvalue weighted by atomic mass is 79.9. The number of hydrogen-bond donors (Lipinski definition) is 2. The minimum Gasteiger partial charge on any atom is -0.396 e. The number of nitrogen functional groups attached to an aromatic ring is 1. The maximum Gasteiger partial charge on any atom is 0.149 e. The maximum absolute atomic E-state index is 6.00. The van der Waals surface area contributed by atoms with Crippen molar-refractivity contribution < 1.29 is 0 Å². The van der Waals surface area contributed by atoms with E-state index in [1.54, 1.807) is 6.20 Å². The zero-order chi connectivity index (χ0) is 12.5. The van der Waals surface area contributed by atoms with E-state index in [0.717, 1.165) is 16.0 Å². The van der Waals surface area contributed by atoms with Crippen LogP contribution in [0.4, 0.5) is 11.5 Å². The van der Waals surface area contributed by atoms with Crippen molar-refractivity contribution in [1.82, 2.24) is 9.88 Å². The molecule has 3 N–H and O–H groups in total. The molecule has 2 saturated heterocycles. The highest BCUT2D eigenvalue weighted by molar-refractivity contribution is 9.10. The van der Waals surface area contributed by atoms with Crippen molar-refractivity contribution in [2.45, 2.75) is 37.8 Å². The van der Waals surface area contributed by atoms with Gasteiger partial charge in [0.2, 0.25) is 0 Å². The molecule has 1 aromatic heterocycles. The highest BCUT2D eigenvalue weighted by Gasteiger charge is 2.35. The first-order chi connectivity index (χ1) is 8.74. The highest BCUT2D eigenvalue weighted by Crippen LogP contribution is 2.30. The third-order valence-electron chi connectivity index (χ3n) is 4.06. The SMILES string of the molecule is Nc1cc(Br)cnc1NC1CCN2CCCCC12. The smallest absolute Gasteiger partial charge is 0.149 e. The summed E-state index contributed by atoms with van der Waals surface area (Å²) in [5, 5.41) is 3.54. The second-order valence-electron chi connectivity index (χ2n) is 5.23. The maximum atomic E-state index is 6.00. The molecule has 2 atom stereocenters. The lowest BCUT2D eigenvalue weighted by Crippen LogP contribution is -2.41. The number of fused-ring (bicyclic) bond motifs is 1. The van der Waals surface area contributed by atoms with Crippen molar-refractivity contribution in [1.29, 1.82) is 0 Å². The fraction of sp³-hybridized carbons (Fsp3) is 0.615. The van der Waals surface area contributed by atoms with Crippen LogP contribution in [0, 0.1) is 0 Å². The molecule has 4 nitrogen and oxygen atoms in total. The van der Waals surface area contributed by atoms with Gasteiger partial charge in [-0.3, -0.25) is 4.90 Å². The van der Waals surface area contributed by atoms with E-state index < -0.39 is 0 Å². The van der Waals surface area contributed by atoms with E-state index in [0.29, 0.717) is 12.1 Å². The van der Waals surface area contributed by atoms with Crippen molar-refractivity contribution in [3.63, 3.8) is 0 Å². The Hall–Kier alpha value is -0.810. The molecule has 2 unspecified atom stereocenters. The largest absolute Gasteiger partial charge is 0.396 e. The first kappa shape index (κ1) is 12.2. The van der Waals surface area contributed by atoms with Crippen LogP contribution in [-0.2, 0) is 0 Å². The van der Waals surface area contributed by atoms with E-state index in [1.165, 1.54) is 38.8 Å². The van der Waals surface area contributed by atoms with Gasteiger partial charge in [-0.15, -0.1) is 0 Å². The van der Waals surface area contributed by atoms with Gasteiger partial charge >= 0.3 is 0 Å². The summed E-state index contributed by atoms with van der Waals surface area (Å²) in [4.78, 5) is 6.98. The number of hydrogen-bond acceptors (Lipinski definition) is 4. The zero-order valence-electron chi connectivity index (χ0n) is 10.4. The number of pyridine rings is 1. The lowest BCUT2D eigenvalue weighted by molar-refractivity contribution is 0.192. The van der Waals surface area contributed by atoms with Crippen molar-refractivity contribution >= 4 is 27.4 Å². The van der Waals surface area contributed by atoms with Gasteiger partial charge in [0.15, 0.2) is 0 Å². The molecular formula is C13H19BrN4. The van der Waals surface area contributed by atoms with Gasteiger partial charge in [-0.25, -0.2) is 4.98 Å². The summed E-state index contributed by atoms with van der Waals surface area (Å²) < 4.78 is 0.927. The Morgan fingerprint density at radius 2 is 2.22 bits per heavy atom. The van der Waals surface area contributed by atoms with Gasteiger partial charge in [0, 0.05) is 29.3 Å². The van der Waals surface area contributed by atoms with Gasteiger partial charge in [-0.05, 0) is 47.8 Å². The number of piperidine rings is 1. The van der Waals surface area contributed by atoms with Gasteiger partial charge in [-0.1, -0.05) is 6.42 Å². The van der Waals surface area contributed by atoms with Crippen LogP contribution in [-0.4, -0.2) is 35.1 Å². The average molecular weight is 311 g/mol. The summed E-state index contributed by atoms with van der Waals surface area (Å²) in [7, 11) is 0. The van der Waals surface area contributed by atoms with Crippen LogP contribution in [0.5, 0.6) is 0 Å². The lowest BCUT2D eigenvalue weighted by atomic mass is 9.99. The van der Waals surface area contributed by atoms with Crippen LogP contribution in [0.25, 0.3) is 0 Å². The van der Waals surface area contributed by atoms with Gasteiger partial charge in [-0.2, -0.15) is 0 Å². The summed E-state index contributed by atoms with van der Waals surface area (Å²) >= 11 is 3.39. The van der Waals surface area contributed by atoms with Crippen LogP contribution >= 0.6 is 15.9 Å². The molecule has 3 rings (SSSR count). The predicted octanol–water partition coefficient (Wildman–Crippen LogP) is 2.47. The van der Waals surface area contributed by atoms with Crippen LogP contribution in [0.15, 0.2) is 16.7 Å². The van der Waals surface area contributed by atoms with Gasteiger partial charge in [0.25, 0.3) is 0 Å². The number of nitrogens with two attached hydrogens (primary N) is 1. The minimum atomic E-state index is 0.501. The average Bonchev–Trinajstić information content (AvgIpc) is 2.76. The van der Waals surface area contributed by atoms with Crippen LogP contribution < -0.4 is 11.1 Å². The molecule has 2 fully saturated rings. The quantitative estimate of drug-likeness (QED) is 0.881. The fourth-order valence-electron chi connectivity index (χ4n) is 3.17. The molecule has 3 heterocycles. The molecule has 0 aromatic carbocycles. The molecule has 0 radical (unpaired) electrons. The normalized spacial score (nSPS) is 28.1. The monoisotopic (exact) mass is 310 g/mol. The van der Waals surface area contributed by atoms with E-state index in [2.05, 4.69) is 31.1 Å². The molecule has 0 aliphatic carbocycles. The van der Waals surface area contributed by atoms with Gasteiger partial charge < -0.3 is 11.1 Å². The van der Waals surface area contributed by atoms with E-state index in [-0.39, 0.29) is 0 Å². The molecule has 0 saturated carbocycles. The second kappa shape index (κ2) is 5.05. The van der Waals surface area contributed by atoms with E-state index >= 15 is 0 Å². The summed E-state index contributed by atoms with van der Waals surface area (Å²) in [5.74, 6) is 0.829. The molecule has 18 heavy (non-hydrogen) atoms. The molecule has 98 valence electrons. The summed E-state index contributed by atoms with van der Waals surface area (Å²) in [6.45, 7) is 2.46. The van der Waals surface area contributed by atoms with Gasteiger partial charge in [0.1, 0.15) is 5.82 Å². The fourth-order valence-corrected chi connectivity index (χ4v) is 3.52. The molecule has 2 aliphatic heterocycles. The number of anilines is 2. The second-order valence-corrected chi connectivity index (χ2v) is 6.15. The van der Waals surface area contributed by atoms with E-state index in [4.69, 9.17) is 5.73 Å². The summed E-state index contributed by atoms with van der Waals surface area (Å²) in [6.07, 6.45) is 6.99. The third-order valence-corrected chi connectivity index (χ3v) is 4.50. The van der Waals surface area contributed by atoms with Gasteiger partial charge in [0.05, 0.1) is 5.69 Å². The Morgan fingerprint density at radius 1 is 1.33 bits per heavy atom. The summed E-state index contributed by atoms with van der Waals surface area (Å²) in [6, 6.07) is 3.08. The van der Waals surface area contributed by atoms with Crippen LogP contribution in [0.3, 0.4) is 0 Å². The molecule has 0 bridgehead atoms. The van der Waals surface area contributed by atoms with Crippen molar-refractivity contribution in [3.05, 3.63) is 16.7 Å². The van der Waals surface area contributed by atoms with Crippen molar-refractivity contribution in [3.8, 4) is 0 Å². The Kier molecular flexibility index (Phi) is 3.43. The van der Waals surface area contributed by atoms with E-state index in [1.807, 2.05) is 6.07 Å². The molecule has 2 aliphatic rings. The number of nitrogens with zero attached hydrogens (tertiary/aromatic N) is 2. The third kappa shape index (κ3) is 2.34. The van der Waals surface area contributed by atoms with Crippen molar-refractivity contribution in [2.75, 3.05) is 24.1 Å². The molecular weight excluding hydrogens is 292 g/mol. The number of nitrogens with one attached hydrogen (secondary N) is 1. The molecule has 0 spiro atoms. The van der Waals surface area contributed by atoms with Crippen molar-refractivity contribution in [2.24, 2.45) is 0 Å². The van der Waals surface area contributed by atoms with E-state index in [9.17, 15) is 0 Å². The van der Waals surface area contributed by atoms with Crippen LogP contribution in [0.2, 0.25) is 0 Å². The molecule has 1 aromatic rings. The first-order valence-corrected chi connectivity index (χ1v) is 7.45. The number of halogens is 1. The standard InChI is InChI=1S/C13H19BrN4/c14-9-7-10(15)13(16-8-9)17-11-4-6-18-5-2-1-3-12(11)18/h7-8,11-12H,1-6,15H2,(H,16,17). The summed E-state index contributed by atoms with van der Waals surface area (Å²) in [5.41, 5.74) is 6.72. The lowest BCUT2D eigenvalue weighted by Gasteiger charge is -2.32. The van der Waals surface area contributed by atoms with Crippen LogP contribution in [0.1, 0.15) is 25.7 Å². The topological polar surface area (TPSA) is 54.2 Å².